The highest BCUT2D eigenvalue weighted by Gasteiger charge is 2.43. The molecule has 2 aliphatic rings. The van der Waals surface area contributed by atoms with Crippen molar-refractivity contribution in [2.75, 3.05) is 20.2 Å². The van der Waals surface area contributed by atoms with Crippen molar-refractivity contribution in [3.05, 3.63) is 0 Å². The minimum absolute atomic E-state index is 0. The molecule has 3 unspecified atom stereocenters. The Labute approximate surface area is 132 Å². The van der Waals surface area contributed by atoms with Crippen molar-refractivity contribution in [2.45, 2.75) is 49.8 Å². The fourth-order valence-corrected chi connectivity index (χ4v) is 5.56. The Balaban J connectivity index is 0.00000220. The Morgan fingerprint density at radius 2 is 1.86 bits per heavy atom. The summed E-state index contributed by atoms with van der Waals surface area (Å²) in [5.74, 6) is -0.934. The van der Waals surface area contributed by atoms with Gasteiger partial charge in [-0.2, -0.15) is 0 Å². The number of nitrogens with zero attached hydrogens (tertiary/aromatic N) is 1. The van der Waals surface area contributed by atoms with E-state index in [1.165, 1.54) is 11.4 Å². The second kappa shape index (κ2) is 7.76. The van der Waals surface area contributed by atoms with Crippen molar-refractivity contribution in [3.8, 4) is 0 Å². The Morgan fingerprint density at radius 1 is 1.19 bits per heavy atom. The van der Waals surface area contributed by atoms with Crippen LogP contribution in [0.2, 0.25) is 0 Å². The van der Waals surface area contributed by atoms with Gasteiger partial charge in [0.25, 0.3) is 0 Å². The fourth-order valence-electron chi connectivity index (χ4n) is 3.27. The van der Waals surface area contributed by atoms with Crippen molar-refractivity contribution in [1.29, 1.82) is 0 Å². The largest absolute Gasteiger partial charge is 0.469 e. The SMILES string of the molecule is COC(=O)C1CCCCC1S(=O)(=O)N1CCCC(N)C1.Cl. The Bertz CT molecular complexity index is 457. The predicted molar refractivity (Wildman–Crippen MR) is 82.7 cm³/mol. The number of nitrogens with two attached hydrogens (primary N) is 1. The highest BCUT2D eigenvalue weighted by molar-refractivity contribution is 7.89. The maximum atomic E-state index is 12.8. The van der Waals surface area contributed by atoms with Gasteiger partial charge in [-0.05, 0) is 25.7 Å². The number of methoxy groups -OCH3 is 1. The lowest BCUT2D eigenvalue weighted by Gasteiger charge is -2.36. The third-order valence-electron chi connectivity index (χ3n) is 4.37. The van der Waals surface area contributed by atoms with E-state index < -0.39 is 27.2 Å². The number of esters is 1. The number of sulfonamides is 1. The first-order valence-electron chi connectivity index (χ1n) is 7.29. The van der Waals surface area contributed by atoms with E-state index in [9.17, 15) is 13.2 Å². The molecule has 0 aromatic rings. The summed E-state index contributed by atoms with van der Waals surface area (Å²) >= 11 is 0. The number of carbonyl (C=O) groups is 1. The van der Waals surface area contributed by atoms with Crippen LogP contribution in [0.5, 0.6) is 0 Å². The molecule has 1 aliphatic heterocycles. The summed E-state index contributed by atoms with van der Waals surface area (Å²) in [6, 6.07) is -0.0984. The number of piperidine rings is 1. The van der Waals surface area contributed by atoms with Gasteiger partial charge in [-0.25, -0.2) is 12.7 Å². The van der Waals surface area contributed by atoms with E-state index >= 15 is 0 Å². The number of hydrogen-bond donors (Lipinski definition) is 1. The van der Waals surface area contributed by atoms with Gasteiger partial charge in [-0.15, -0.1) is 12.4 Å². The quantitative estimate of drug-likeness (QED) is 0.771. The first-order chi connectivity index (χ1) is 9.46. The van der Waals surface area contributed by atoms with E-state index in [0.29, 0.717) is 25.9 Å². The third-order valence-corrected chi connectivity index (χ3v) is 6.75. The van der Waals surface area contributed by atoms with Crippen LogP contribution < -0.4 is 5.73 Å². The maximum Gasteiger partial charge on any atom is 0.310 e. The highest BCUT2D eigenvalue weighted by Crippen LogP contribution is 2.33. The molecular weight excluding hydrogens is 316 g/mol. The molecule has 2 N–H and O–H groups in total. The summed E-state index contributed by atoms with van der Waals surface area (Å²) < 4.78 is 31.8. The monoisotopic (exact) mass is 340 g/mol. The van der Waals surface area contributed by atoms with Crippen molar-refractivity contribution in [3.63, 3.8) is 0 Å². The second-order valence-corrected chi connectivity index (χ2v) is 7.91. The van der Waals surface area contributed by atoms with Gasteiger partial charge in [0.1, 0.15) is 0 Å². The van der Waals surface area contributed by atoms with E-state index in [1.807, 2.05) is 0 Å². The van der Waals surface area contributed by atoms with Gasteiger partial charge in [0.15, 0.2) is 0 Å². The first-order valence-corrected chi connectivity index (χ1v) is 8.79. The zero-order valence-corrected chi connectivity index (χ0v) is 14.0. The van der Waals surface area contributed by atoms with Gasteiger partial charge in [-0.1, -0.05) is 12.8 Å². The summed E-state index contributed by atoms with van der Waals surface area (Å²) in [6.07, 6.45) is 4.50. The summed E-state index contributed by atoms with van der Waals surface area (Å²) in [6.45, 7) is 0.882. The van der Waals surface area contributed by atoms with Crippen LogP contribution in [-0.2, 0) is 19.6 Å². The lowest BCUT2D eigenvalue weighted by molar-refractivity contribution is -0.146. The first kappa shape index (κ1) is 18.7. The lowest BCUT2D eigenvalue weighted by Crippen LogP contribution is -2.51. The van der Waals surface area contributed by atoms with Gasteiger partial charge in [-0.3, -0.25) is 4.79 Å². The number of hydrogen-bond acceptors (Lipinski definition) is 5. The van der Waals surface area contributed by atoms with E-state index in [0.717, 1.165) is 25.7 Å². The summed E-state index contributed by atoms with van der Waals surface area (Å²) in [5, 5.41) is -0.644. The number of carbonyl (C=O) groups excluding carboxylic acids is 1. The molecule has 0 spiro atoms. The maximum absolute atomic E-state index is 12.8. The van der Waals surface area contributed by atoms with Crippen LogP contribution in [0.15, 0.2) is 0 Å². The average molecular weight is 341 g/mol. The van der Waals surface area contributed by atoms with Crippen LogP contribution in [0.1, 0.15) is 38.5 Å². The normalized spacial score (nSPS) is 31.2. The molecule has 3 atom stereocenters. The minimum atomic E-state index is -3.47. The molecule has 1 saturated heterocycles. The van der Waals surface area contributed by atoms with Crippen molar-refractivity contribution < 1.29 is 17.9 Å². The molecule has 8 heteroatoms. The van der Waals surface area contributed by atoms with Gasteiger partial charge in [0.05, 0.1) is 18.3 Å². The van der Waals surface area contributed by atoms with E-state index in [1.54, 1.807) is 0 Å². The molecular formula is C13H25ClN2O4S. The van der Waals surface area contributed by atoms with Gasteiger partial charge in [0.2, 0.25) is 10.0 Å². The minimum Gasteiger partial charge on any atom is -0.469 e. The zero-order valence-electron chi connectivity index (χ0n) is 12.4. The standard InChI is InChI=1S/C13H24N2O4S.ClH/c1-19-13(16)11-6-2-3-7-12(11)20(17,18)15-8-4-5-10(14)9-15;/h10-12H,2-9,14H2,1H3;1H. The molecule has 2 rings (SSSR count). The predicted octanol–water partition coefficient (Wildman–Crippen LogP) is 0.893. The fraction of sp³-hybridized carbons (Fsp3) is 0.923. The van der Waals surface area contributed by atoms with Crippen LogP contribution in [0, 0.1) is 5.92 Å². The van der Waals surface area contributed by atoms with E-state index in [2.05, 4.69) is 0 Å². The topological polar surface area (TPSA) is 89.7 Å². The molecule has 0 aromatic heterocycles. The Hall–Kier alpha value is -0.370. The van der Waals surface area contributed by atoms with Crippen LogP contribution >= 0.6 is 12.4 Å². The number of halogens is 1. The highest BCUT2D eigenvalue weighted by atomic mass is 35.5. The van der Waals surface area contributed by atoms with Gasteiger partial charge >= 0.3 is 5.97 Å². The average Bonchev–Trinajstić information content (AvgIpc) is 2.46. The smallest absolute Gasteiger partial charge is 0.310 e. The van der Waals surface area contributed by atoms with E-state index in [4.69, 9.17) is 10.5 Å². The second-order valence-electron chi connectivity index (χ2n) is 5.76. The molecule has 0 radical (unpaired) electrons. The lowest BCUT2D eigenvalue weighted by atomic mass is 9.89. The van der Waals surface area contributed by atoms with Crippen molar-refractivity contribution in [2.24, 2.45) is 11.7 Å². The molecule has 1 saturated carbocycles. The summed E-state index contributed by atoms with van der Waals surface area (Å²) in [7, 11) is -2.15. The van der Waals surface area contributed by atoms with Gasteiger partial charge < -0.3 is 10.5 Å². The summed E-state index contributed by atoms with van der Waals surface area (Å²) in [5.41, 5.74) is 5.87. The van der Waals surface area contributed by atoms with Crippen LogP contribution in [0.25, 0.3) is 0 Å². The number of ether oxygens (including phenoxy) is 1. The van der Waals surface area contributed by atoms with Crippen LogP contribution in [0.3, 0.4) is 0 Å². The molecule has 1 aliphatic carbocycles. The summed E-state index contributed by atoms with van der Waals surface area (Å²) in [4.78, 5) is 11.8. The molecule has 1 heterocycles. The molecule has 124 valence electrons. The molecule has 0 amide bonds. The van der Waals surface area contributed by atoms with Gasteiger partial charge in [0, 0.05) is 19.1 Å². The molecule has 0 aromatic carbocycles. The molecule has 6 nitrogen and oxygen atoms in total. The van der Waals surface area contributed by atoms with Crippen molar-refractivity contribution in [1.82, 2.24) is 4.31 Å². The molecule has 21 heavy (non-hydrogen) atoms. The Kier molecular flexibility index (Phi) is 6.90. The van der Waals surface area contributed by atoms with Crippen molar-refractivity contribution >= 4 is 28.4 Å². The third kappa shape index (κ3) is 4.09. The zero-order chi connectivity index (χ0) is 14.8. The molecule has 2 fully saturated rings. The van der Waals surface area contributed by atoms with Crippen LogP contribution in [0.4, 0.5) is 0 Å². The van der Waals surface area contributed by atoms with E-state index in [-0.39, 0.29) is 18.4 Å². The number of rotatable bonds is 3. The Morgan fingerprint density at radius 3 is 2.48 bits per heavy atom. The molecule has 0 bridgehead atoms. The van der Waals surface area contributed by atoms with Crippen LogP contribution in [-0.4, -0.2) is 50.2 Å².